The number of carbonyl (C=O) groups excluding carboxylic acids is 2. The van der Waals surface area contributed by atoms with Crippen LogP contribution in [0.25, 0.3) is 0 Å². The number of hydrogen-bond acceptors (Lipinski definition) is 4. The van der Waals surface area contributed by atoms with Gasteiger partial charge in [0.1, 0.15) is 0 Å². The first-order valence-electron chi connectivity index (χ1n) is 5.17. The second kappa shape index (κ2) is 5.84. The summed E-state index contributed by atoms with van der Waals surface area (Å²) in [6, 6.07) is 6.04. The van der Waals surface area contributed by atoms with Gasteiger partial charge in [-0.2, -0.15) is 0 Å². The van der Waals surface area contributed by atoms with Crippen molar-refractivity contribution >= 4 is 11.9 Å². The second-order valence-corrected chi connectivity index (χ2v) is 3.60. The minimum atomic E-state index is -0.510. The number of benzene rings is 1. The predicted octanol–water partition coefficient (Wildman–Crippen LogP) is 2.55. The highest BCUT2D eigenvalue weighted by Gasteiger charge is 2.11. The van der Waals surface area contributed by atoms with E-state index < -0.39 is 11.9 Å². The molecule has 1 rings (SSSR count). The molecule has 0 bridgehead atoms. The van der Waals surface area contributed by atoms with E-state index in [1.807, 2.05) is 0 Å². The monoisotopic (exact) mass is 234 g/mol. The topological polar surface area (TPSA) is 52.6 Å². The molecule has 0 aliphatic carbocycles. The Labute approximate surface area is 99.8 Å². The number of ether oxygens (including phenoxy) is 2. The molecule has 4 heteroatoms. The fourth-order valence-corrected chi connectivity index (χ4v) is 1.17. The summed E-state index contributed by atoms with van der Waals surface area (Å²) in [5.74, 6) is -0.924. The van der Waals surface area contributed by atoms with Gasteiger partial charge >= 0.3 is 11.9 Å². The summed E-state index contributed by atoms with van der Waals surface area (Å²) in [5.41, 5.74) is 0.750. The third-order valence-corrected chi connectivity index (χ3v) is 1.89. The van der Waals surface area contributed by atoms with Crippen LogP contribution in [-0.2, 0) is 9.47 Å². The van der Waals surface area contributed by atoms with Crippen molar-refractivity contribution in [3.8, 4) is 0 Å². The van der Waals surface area contributed by atoms with Crippen molar-refractivity contribution in [2.45, 2.75) is 20.0 Å². The molecule has 0 unspecified atom stereocenters. The van der Waals surface area contributed by atoms with Gasteiger partial charge in [0.05, 0.1) is 23.5 Å². The molecule has 4 nitrogen and oxygen atoms in total. The highest BCUT2D eigenvalue weighted by molar-refractivity contribution is 5.93. The smallest absolute Gasteiger partial charge is 0.342 e. The SMILES string of the molecule is C=COC(=O)c1ccc(C(=O)OC(C)C)cc1. The maximum Gasteiger partial charge on any atom is 0.342 e. The van der Waals surface area contributed by atoms with Crippen LogP contribution >= 0.6 is 0 Å². The average molecular weight is 234 g/mol. The maximum atomic E-state index is 11.5. The lowest BCUT2D eigenvalue weighted by atomic mass is 10.1. The molecular weight excluding hydrogens is 220 g/mol. The highest BCUT2D eigenvalue weighted by atomic mass is 16.5. The summed E-state index contributed by atoms with van der Waals surface area (Å²) in [4.78, 5) is 22.8. The summed E-state index contributed by atoms with van der Waals surface area (Å²) < 4.78 is 9.61. The van der Waals surface area contributed by atoms with Crippen molar-refractivity contribution in [1.82, 2.24) is 0 Å². The molecule has 17 heavy (non-hydrogen) atoms. The number of carbonyl (C=O) groups is 2. The molecule has 0 fully saturated rings. The summed E-state index contributed by atoms with van der Waals surface area (Å²) in [6.07, 6.45) is 0.886. The molecule has 0 heterocycles. The quantitative estimate of drug-likeness (QED) is 0.593. The van der Waals surface area contributed by atoms with Gasteiger partial charge < -0.3 is 9.47 Å². The van der Waals surface area contributed by atoms with E-state index in [4.69, 9.17) is 4.74 Å². The molecule has 90 valence electrons. The summed E-state index contributed by atoms with van der Waals surface area (Å²) >= 11 is 0. The molecule has 0 spiro atoms. The Morgan fingerprint density at radius 1 is 1.12 bits per heavy atom. The third-order valence-electron chi connectivity index (χ3n) is 1.89. The molecule has 0 saturated heterocycles. The first kappa shape index (κ1) is 13.0. The summed E-state index contributed by atoms with van der Waals surface area (Å²) in [6.45, 7) is 6.83. The fourth-order valence-electron chi connectivity index (χ4n) is 1.17. The normalized spacial score (nSPS) is 9.82. The Kier molecular flexibility index (Phi) is 4.46. The molecule has 0 amide bonds. The number of hydrogen-bond donors (Lipinski definition) is 0. The van der Waals surface area contributed by atoms with Crippen LogP contribution in [0, 0.1) is 0 Å². The lowest BCUT2D eigenvalue weighted by Crippen LogP contribution is -2.11. The number of rotatable bonds is 4. The van der Waals surface area contributed by atoms with Crippen molar-refractivity contribution < 1.29 is 19.1 Å². The molecule has 0 aliphatic heterocycles. The minimum absolute atomic E-state index is 0.173. The molecule has 0 N–H and O–H groups in total. The predicted molar refractivity (Wildman–Crippen MR) is 62.6 cm³/mol. The van der Waals surface area contributed by atoms with E-state index in [1.165, 1.54) is 24.3 Å². The average Bonchev–Trinajstić information content (AvgIpc) is 2.28. The Hall–Kier alpha value is -2.10. The van der Waals surface area contributed by atoms with Gasteiger partial charge in [-0.05, 0) is 38.1 Å². The highest BCUT2D eigenvalue weighted by Crippen LogP contribution is 2.08. The molecule has 0 radical (unpaired) electrons. The van der Waals surface area contributed by atoms with Crippen LogP contribution in [0.4, 0.5) is 0 Å². The Morgan fingerprint density at radius 3 is 2.00 bits per heavy atom. The molecule has 0 atom stereocenters. The van der Waals surface area contributed by atoms with E-state index in [-0.39, 0.29) is 6.10 Å². The fraction of sp³-hybridized carbons (Fsp3) is 0.231. The molecular formula is C13H14O4. The third kappa shape index (κ3) is 3.75. The summed E-state index contributed by atoms with van der Waals surface area (Å²) in [7, 11) is 0. The van der Waals surface area contributed by atoms with Crippen LogP contribution in [-0.4, -0.2) is 18.0 Å². The standard InChI is InChI=1S/C13H14O4/c1-4-16-12(14)10-5-7-11(8-6-10)13(15)17-9(2)3/h4-9H,1H2,2-3H3. The van der Waals surface area contributed by atoms with E-state index in [1.54, 1.807) is 13.8 Å². The van der Waals surface area contributed by atoms with E-state index >= 15 is 0 Å². The first-order chi connectivity index (χ1) is 8.04. The van der Waals surface area contributed by atoms with Crippen molar-refractivity contribution in [2.75, 3.05) is 0 Å². The summed E-state index contributed by atoms with van der Waals surface area (Å²) in [5, 5.41) is 0. The van der Waals surface area contributed by atoms with Crippen LogP contribution in [0.5, 0.6) is 0 Å². The van der Waals surface area contributed by atoms with Gasteiger partial charge in [0.15, 0.2) is 0 Å². The van der Waals surface area contributed by atoms with E-state index in [9.17, 15) is 9.59 Å². The van der Waals surface area contributed by atoms with Crippen LogP contribution in [0.3, 0.4) is 0 Å². The Balaban J connectivity index is 2.77. The van der Waals surface area contributed by atoms with E-state index in [0.29, 0.717) is 11.1 Å². The molecule has 1 aromatic carbocycles. The van der Waals surface area contributed by atoms with Gasteiger partial charge in [-0.1, -0.05) is 6.58 Å². The van der Waals surface area contributed by atoms with Crippen LogP contribution < -0.4 is 0 Å². The van der Waals surface area contributed by atoms with Crippen LogP contribution in [0.15, 0.2) is 37.1 Å². The zero-order valence-corrected chi connectivity index (χ0v) is 9.80. The van der Waals surface area contributed by atoms with Gasteiger partial charge in [0, 0.05) is 0 Å². The minimum Gasteiger partial charge on any atom is -0.459 e. The van der Waals surface area contributed by atoms with E-state index in [2.05, 4.69) is 11.3 Å². The Bertz CT molecular complexity index is 418. The van der Waals surface area contributed by atoms with Crippen molar-refractivity contribution in [1.29, 1.82) is 0 Å². The molecule has 1 aromatic rings. The van der Waals surface area contributed by atoms with Crippen molar-refractivity contribution in [3.63, 3.8) is 0 Å². The van der Waals surface area contributed by atoms with Gasteiger partial charge in [0.25, 0.3) is 0 Å². The molecule has 0 aliphatic rings. The number of esters is 2. The zero-order chi connectivity index (χ0) is 12.8. The van der Waals surface area contributed by atoms with Gasteiger partial charge in [0.2, 0.25) is 0 Å². The van der Waals surface area contributed by atoms with Gasteiger partial charge in [-0.25, -0.2) is 9.59 Å². The lowest BCUT2D eigenvalue weighted by molar-refractivity contribution is 0.0377. The van der Waals surface area contributed by atoms with Gasteiger partial charge in [-0.15, -0.1) is 0 Å². The first-order valence-corrected chi connectivity index (χ1v) is 5.17. The second-order valence-electron chi connectivity index (χ2n) is 3.60. The molecule has 0 saturated carbocycles. The largest absolute Gasteiger partial charge is 0.459 e. The van der Waals surface area contributed by atoms with Crippen molar-refractivity contribution in [2.24, 2.45) is 0 Å². The Morgan fingerprint density at radius 2 is 1.59 bits per heavy atom. The van der Waals surface area contributed by atoms with E-state index in [0.717, 1.165) is 6.26 Å². The zero-order valence-electron chi connectivity index (χ0n) is 9.80. The van der Waals surface area contributed by atoms with Crippen molar-refractivity contribution in [3.05, 3.63) is 48.2 Å². The molecule has 0 aromatic heterocycles. The van der Waals surface area contributed by atoms with Gasteiger partial charge in [-0.3, -0.25) is 0 Å². The maximum absolute atomic E-state index is 11.5. The van der Waals surface area contributed by atoms with Crippen LogP contribution in [0.1, 0.15) is 34.6 Å². The lowest BCUT2D eigenvalue weighted by Gasteiger charge is -2.07. The van der Waals surface area contributed by atoms with Crippen LogP contribution in [0.2, 0.25) is 0 Å².